The number of ether oxygens (including phenoxy) is 2. The zero-order valence-electron chi connectivity index (χ0n) is 18.6. The topological polar surface area (TPSA) is 78.4 Å². The standard InChI is InChI=1S/C23H26F3N5O2/c1-12(2)31-19(21-16-7-15(8-17(16)21)30-4-5-32-11-13(30)3)9-18(29-31)14-6-20(22(27)28-10-14)33-23(24,25)26/h6-10,12-13,15,21H,4-5,11H2,1-3H3,(H2,27,28)/t13-,15?,21?/m0/s1. The first-order valence-corrected chi connectivity index (χ1v) is 11.0. The van der Waals surface area contributed by atoms with E-state index in [1.807, 2.05) is 24.6 Å². The van der Waals surface area contributed by atoms with Crippen molar-refractivity contribution in [1.29, 1.82) is 0 Å². The van der Waals surface area contributed by atoms with E-state index in [9.17, 15) is 13.2 Å². The number of nitrogen functional groups attached to an aromatic ring is 1. The Bertz CT molecular complexity index is 1120. The Morgan fingerprint density at radius 2 is 1.94 bits per heavy atom. The fourth-order valence-corrected chi connectivity index (χ4v) is 4.73. The summed E-state index contributed by atoms with van der Waals surface area (Å²) in [5, 5.41) is 4.67. The predicted octanol–water partition coefficient (Wildman–Crippen LogP) is 4.06. The van der Waals surface area contributed by atoms with E-state index in [4.69, 9.17) is 10.5 Å². The van der Waals surface area contributed by atoms with E-state index in [0.29, 0.717) is 17.3 Å². The van der Waals surface area contributed by atoms with Gasteiger partial charge in [0.25, 0.3) is 0 Å². The quantitative estimate of drug-likeness (QED) is 0.724. The molecule has 33 heavy (non-hydrogen) atoms. The van der Waals surface area contributed by atoms with Crippen LogP contribution in [0.1, 0.15) is 38.4 Å². The molecule has 10 heteroatoms. The Kier molecular flexibility index (Phi) is 5.24. The molecule has 0 radical (unpaired) electrons. The zero-order valence-corrected chi connectivity index (χ0v) is 18.6. The third-order valence-corrected chi connectivity index (χ3v) is 6.33. The van der Waals surface area contributed by atoms with Crippen LogP contribution in [0, 0.1) is 0 Å². The van der Waals surface area contributed by atoms with E-state index in [1.165, 1.54) is 23.4 Å². The highest BCUT2D eigenvalue weighted by atomic mass is 19.4. The number of fused-ring (bicyclic) bond motifs is 1. The lowest BCUT2D eigenvalue weighted by Gasteiger charge is -2.36. The molecule has 0 amide bonds. The van der Waals surface area contributed by atoms with Gasteiger partial charge in [-0.25, -0.2) is 4.98 Å². The largest absolute Gasteiger partial charge is 0.573 e. The Morgan fingerprint density at radius 1 is 1.21 bits per heavy atom. The highest BCUT2D eigenvalue weighted by molar-refractivity contribution is 5.71. The van der Waals surface area contributed by atoms with Crippen LogP contribution in [-0.4, -0.2) is 57.9 Å². The summed E-state index contributed by atoms with van der Waals surface area (Å²) in [4.78, 5) is 6.32. The summed E-state index contributed by atoms with van der Waals surface area (Å²) in [5.41, 5.74) is 10.1. The van der Waals surface area contributed by atoms with E-state index in [-0.39, 0.29) is 23.8 Å². The van der Waals surface area contributed by atoms with Gasteiger partial charge in [-0.15, -0.1) is 13.2 Å². The molecule has 3 heterocycles. The Labute approximate surface area is 189 Å². The molecule has 1 atom stereocenters. The predicted molar refractivity (Wildman–Crippen MR) is 117 cm³/mol. The molecule has 2 N–H and O–H groups in total. The number of alkyl halides is 3. The minimum atomic E-state index is -4.85. The summed E-state index contributed by atoms with van der Waals surface area (Å²) in [6.45, 7) is 8.62. The van der Waals surface area contributed by atoms with Crippen molar-refractivity contribution in [2.75, 3.05) is 25.5 Å². The second-order valence-electron chi connectivity index (χ2n) is 8.98. The molecule has 2 aromatic rings. The number of rotatable bonds is 5. The van der Waals surface area contributed by atoms with Gasteiger partial charge in [-0.05, 0) is 44.1 Å². The summed E-state index contributed by atoms with van der Waals surface area (Å²) in [6, 6.07) is 3.88. The van der Waals surface area contributed by atoms with Crippen molar-refractivity contribution in [3.05, 3.63) is 47.3 Å². The monoisotopic (exact) mass is 461 g/mol. The Balaban J connectivity index is 1.42. The van der Waals surface area contributed by atoms with Crippen LogP contribution in [0.5, 0.6) is 5.75 Å². The van der Waals surface area contributed by atoms with Crippen molar-refractivity contribution in [3.63, 3.8) is 0 Å². The molecular weight excluding hydrogens is 435 g/mol. The van der Waals surface area contributed by atoms with Crippen LogP contribution < -0.4 is 10.5 Å². The zero-order chi connectivity index (χ0) is 23.5. The van der Waals surface area contributed by atoms with Gasteiger partial charge in [-0.3, -0.25) is 9.58 Å². The normalized spacial score (nSPS) is 21.8. The lowest BCUT2D eigenvalue weighted by Crippen LogP contribution is -2.47. The van der Waals surface area contributed by atoms with E-state index in [1.54, 1.807) is 0 Å². The second kappa shape index (κ2) is 7.88. The number of aromatic nitrogens is 3. The summed E-state index contributed by atoms with van der Waals surface area (Å²) >= 11 is 0. The fourth-order valence-electron chi connectivity index (χ4n) is 4.73. The minimum absolute atomic E-state index is 0.0824. The molecule has 0 aromatic carbocycles. The minimum Gasteiger partial charge on any atom is -0.402 e. The number of allylic oxidation sites excluding steroid dienone is 2. The van der Waals surface area contributed by atoms with Gasteiger partial charge < -0.3 is 15.2 Å². The Hall–Kier alpha value is -2.85. The van der Waals surface area contributed by atoms with Crippen LogP contribution in [0.3, 0.4) is 0 Å². The maximum absolute atomic E-state index is 12.7. The van der Waals surface area contributed by atoms with Gasteiger partial charge in [0.05, 0.1) is 30.5 Å². The number of pyridine rings is 1. The molecule has 0 bridgehead atoms. The molecule has 2 fully saturated rings. The molecule has 3 aliphatic rings. The first-order valence-electron chi connectivity index (χ1n) is 11.0. The molecule has 2 aliphatic carbocycles. The third kappa shape index (κ3) is 4.13. The SMILES string of the molecule is CC(C)n1nc(-c2cnc(N)c(OC(F)(F)F)c2)cc1C1C2=CC(N3CCOC[C@@H]3C)C=C21. The summed E-state index contributed by atoms with van der Waals surface area (Å²) in [7, 11) is 0. The number of nitrogens with two attached hydrogens (primary N) is 1. The van der Waals surface area contributed by atoms with E-state index in [2.05, 4.69) is 38.8 Å². The van der Waals surface area contributed by atoms with Gasteiger partial charge in [0.2, 0.25) is 0 Å². The molecule has 1 saturated carbocycles. The van der Waals surface area contributed by atoms with Crippen molar-refractivity contribution in [1.82, 2.24) is 19.7 Å². The first kappa shape index (κ1) is 22.0. The number of anilines is 1. The van der Waals surface area contributed by atoms with Crippen molar-refractivity contribution in [3.8, 4) is 17.0 Å². The van der Waals surface area contributed by atoms with Gasteiger partial charge in [0.1, 0.15) is 0 Å². The molecule has 5 rings (SSSR count). The van der Waals surface area contributed by atoms with Crippen LogP contribution in [0.2, 0.25) is 0 Å². The van der Waals surface area contributed by atoms with Gasteiger partial charge in [-0.1, -0.05) is 12.2 Å². The molecule has 0 unspecified atom stereocenters. The average Bonchev–Trinajstić information content (AvgIpc) is 3.09. The van der Waals surface area contributed by atoms with Crippen LogP contribution in [-0.2, 0) is 4.74 Å². The first-order chi connectivity index (χ1) is 15.6. The second-order valence-corrected chi connectivity index (χ2v) is 8.98. The number of hydrogen-bond donors (Lipinski definition) is 1. The van der Waals surface area contributed by atoms with Gasteiger partial charge in [0.15, 0.2) is 11.6 Å². The molecule has 0 spiro atoms. The smallest absolute Gasteiger partial charge is 0.402 e. The van der Waals surface area contributed by atoms with Crippen LogP contribution >= 0.6 is 0 Å². The van der Waals surface area contributed by atoms with E-state index < -0.39 is 12.1 Å². The lowest BCUT2D eigenvalue weighted by molar-refractivity contribution is -0.274. The highest BCUT2D eigenvalue weighted by Gasteiger charge is 2.46. The van der Waals surface area contributed by atoms with Crippen molar-refractivity contribution < 1.29 is 22.6 Å². The van der Waals surface area contributed by atoms with E-state index >= 15 is 0 Å². The van der Waals surface area contributed by atoms with Gasteiger partial charge >= 0.3 is 6.36 Å². The van der Waals surface area contributed by atoms with Crippen LogP contribution in [0.25, 0.3) is 11.3 Å². The van der Waals surface area contributed by atoms with Gasteiger partial charge in [0, 0.05) is 36.4 Å². The summed E-state index contributed by atoms with van der Waals surface area (Å²) in [6.07, 6.45) is 1.17. The summed E-state index contributed by atoms with van der Waals surface area (Å²) < 4.78 is 49.6. The van der Waals surface area contributed by atoms with Crippen LogP contribution in [0.4, 0.5) is 19.0 Å². The number of morpholine rings is 1. The van der Waals surface area contributed by atoms with Crippen molar-refractivity contribution in [2.45, 2.75) is 51.2 Å². The molecular formula is C23H26F3N5O2. The van der Waals surface area contributed by atoms with Gasteiger partial charge in [-0.2, -0.15) is 5.10 Å². The maximum Gasteiger partial charge on any atom is 0.573 e. The molecule has 1 aliphatic heterocycles. The van der Waals surface area contributed by atoms with Crippen molar-refractivity contribution in [2.24, 2.45) is 0 Å². The Morgan fingerprint density at radius 3 is 2.58 bits per heavy atom. The number of halogens is 3. The average molecular weight is 461 g/mol. The maximum atomic E-state index is 12.7. The third-order valence-electron chi connectivity index (χ3n) is 6.33. The molecule has 1 saturated heterocycles. The van der Waals surface area contributed by atoms with E-state index in [0.717, 1.165) is 25.5 Å². The highest BCUT2D eigenvalue weighted by Crippen LogP contribution is 2.57. The molecule has 2 aromatic heterocycles. The van der Waals surface area contributed by atoms with Crippen molar-refractivity contribution >= 4 is 5.82 Å². The fraction of sp³-hybridized carbons (Fsp3) is 0.478. The number of hydrogen-bond acceptors (Lipinski definition) is 6. The molecule has 7 nitrogen and oxygen atoms in total. The summed E-state index contributed by atoms with van der Waals surface area (Å²) in [5.74, 6) is -0.694. The lowest BCUT2D eigenvalue weighted by atomic mass is 10.1. The number of nitrogens with zero attached hydrogens (tertiary/aromatic N) is 4. The van der Waals surface area contributed by atoms with Crippen LogP contribution in [0.15, 0.2) is 41.6 Å². The molecule has 176 valence electrons.